The smallest absolute Gasteiger partial charge is 0.346 e. The Morgan fingerprint density at radius 2 is 0.875 bits per heavy atom. The standard InChI is InChI=1S/C17H32O2.2C2H5.Zn/c1-3-5-7-8-9-10-13-17(19)15-11-14-16(18)12-6-4-2;2*1-2;/h3-15H2,1-2H3;2*1H2,2H3;/q;2*-1;+2. The summed E-state index contributed by atoms with van der Waals surface area (Å²) in [6.45, 7) is 14.3. The first kappa shape index (κ1) is 31.7. The van der Waals surface area contributed by atoms with Gasteiger partial charge in [-0.15, -0.1) is 0 Å². The third-order valence-electron chi connectivity index (χ3n) is 3.53. The summed E-state index contributed by atoms with van der Waals surface area (Å²) in [5.41, 5.74) is 0. The van der Waals surface area contributed by atoms with Crippen LogP contribution in [0.5, 0.6) is 0 Å². The summed E-state index contributed by atoms with van der Waals surface area (Å²) in [5.74, 6) is 0.674. The maximum atomic E-state index is 11.6. The summed E-state index contributed by atoms with van der Waals surface area (Å²) >= 11 is 0. The number of carbonyl (C=O) groups is 2. The van der Waals surface area contributed by atoms with E-state index < -0.39 is 0 Å². The number of ketones is 2. The SMILES string of the molecule is CCCCCCCCC(=O)CCCC(=O)CCCC.[CH2-]C.[CH2-]C.[Zn+2]. The monoisotopic (exact) mass is 390 g/mol. The minimum absolute atomic E-state index is 0. The van der Waals surface area contributed by atoms with Crippen molar-refractivity contribution in [2.75, 3.05) is 0 Å². The average Bonchev–Trinajstić information content (AvgIpc) is 2.59. The molecule has 3 heteroatoms. The van der Waals surface area contributed by atoms with Gasteiger partial charge in [0.05, 0.1) is 0 Å². The van der Waals surface area contributed by atoms with Crippen LogP contribution in [-0.4, -0.2) is 11.6 Å². The summed E-state index contributed by atoms with van der Waals surface area (Å²) in [4.78, 5) is 23.0. The molecule has 0 saturated heterocycles. The summed E-state index contributed by atoms with van der Waals surface area (Å²) < 4.78 is 0. The molecule has 140 valence electrons. The summed E-state index contributed by atoms with van der Waals surface area (Å²) in [7, 11) is 0. The van der Waals surface area contributed by atoms with Gasteiger partial charge in [-0.2, -0.15) is 13.8 Å². The first-order chi connectivity index (χ1) is 11.2. The number of carbonyl (C=O) groups excluding carboxylic acids is 2. The van der Waals surface area contributed by atoms with E-state index in [0.29, 0.717) is 30.8 Å². The fraction of sp³-hybridized carbons (Fsp3) is 0.810. The van der Waals surface area contributed by atoms with E-state index in [2.05, 4.69) is 27.7 Å². The zero-order valence-corrected chi connectivity index (χ0v) is 20.1. The molecule has 0 saturated carbocycles. The van der Waals surface area contributed by atoms with E-state index >= 15 is 0 Å². The molecular weight excluding hydrogens is 350 g/mol. The molecule has 0 heterocycles. The van der Waals surface area contributed by atoms with Crippen molar-refractivity contribution >= 4 is 11.6 Å². The van der Waals surface area contributed by atoms with Gasteiger partial charge in [0.25, 0.3) is 0 Å². The topological polar surface area (TPSA) is 34.1 Å². The molecular formula is C21H42O2Zn. The van der Waals surface area contributed by atoms with Crippen molar-refractivity contribution in [2.24, 2.45) is 0 Å². The van der Waals surface area contributed by atoms with Gasteiger partial charge in [0.1, 0.15) is 11.6 Å². The Kier molecular flexibility index (Phi) is 40.7. The maximum absolute atomic E-state index is 11.6. The number of Topliss-reactive ketones (excluding diaryl/α,β-unsaturated/α-hetero) is 2. The number of rotatable bonds is 14. The van der Waals surface area contributed by atoms with E-state index in [9.17, 15) is 9.59 Å². The molecule has 0 N–H and O–H groups in total. The minimum atomic E-state index is 0. The van der Waals surface area contributed by atoms with Gasteiger partial charge in [-0.25, -0.2) is 0 Å². The maximum Gasteiger partial charge on any atom is 2.00 e. The molecule has 0 aliphatic carbocycles. The Labute approximate surface area is 165 Å². The van der Waals surface area contributed by atoms with E-state index in [-0.39, 0.29) is 19.5 Å². The molecule has 0 aromatic heterocycles. The van der Waals surface area contributed by atoms with Crippen molar-refractivity contribution in [1.82, 2.24) is 0 Å². The molecule has 0 fully saturated rings. The van der Waals surface area contributed by atoms with Crippen LogP contribution < -0.4 is 0 Å². The molecule has 0 aromatic rings. The Morgan fingerprint density at radius 1 is 0.542 bits per heavy atom. The van der Waals surface area contributed by atoms with Crippen LogP contribution in [0, 0.1) is 13.8 Å². The zero-order chi connectivity index (χ0) is 18.3. The molecule has 0 unspecified atom stereocenters. The summed E-state index contributed by atoms with van der Waals surface area (Å²) in [6.07, 6.45) is 12.8. The van der Waals surface area contributed by atoms with Crippen molar-refractivity contribution in [3.63, 3.8) is 0 Å². The van der Waals surface area contributed by atoms with Gasteiger partial charge < -0.3 is 13.8 Å². The normalized spacial score (nSPS) is 8.92. The third-order valence-corrected chi connectivity index (χ3v) is 3.53. The van der Waals surface area contributed by atoms with Crippen LogP contribution in [-0.2, 0) is 29.1 Å². The molecule has 0 aliphatic heterocycles. The van der Waals surface area contributed by atoms with Gasteiger partial charge in [-0.3, -0.25) is 9.59 Å². The van der Waals surface area contributed by atoms with Crippen molar-refractivity contribution < 1.29 is 29.1 Å². The second kappa shape index (κ2) is 30.8. The van der Waals surface area contributed by atoms with Crippen molar-refractivity contribution in [1.29, 1.82) is 0 Å². The van der Waals surface area contributed by atoms with E-state index in [1.165, 1.54) is 32.1 Å². The molecule has 0 aromatic carbocycles. The third kappa shape index (κ3) is 29.9. The van der Waals surface area contributed by atoms with E-state index in [1.807, 2.05) is 0 Å². The van der Waals surface area contributed by atoms with Crippen LogP contribution in [0.25, 0.3) is 0 Å². The second-order valence-corrected chi connectivity index (χ2v) is 5.55. The predicted octanol–water partition coefficient (Wildman–Crippen LogP) is 6.91. The molecule has 0 rings (SSSR count). The van der Waals surface area contributed by atoms with Crippen molar-refractivity contribution in [3.05, 3.63) is 13.8 Å². The van der Waals surface area contributed by atoms with Gasteiger partial charge in [0.2, 0.25) is 0 Å². The van der Waals surface area contributed by atoms with Crippen LogP contribution >= 0.6 is 0 Å². The quantitative estimate of drug-likeness (QED) is 0.183. The van der Waals surface area contributed by atoms with Crippen LogP contribution in [0.4, 0.5) is 0 Å². The fourth-order valence-corrected chi connectivity index (χ4v) is 2.21. The van der Waals surface area contributed by atoms with Crippen LogP contribution in [0.2, 0.25) is 0 Å². The van der Waals surface area contributed by atoms with Gasteiger partial charge >= 0.3 is 19.5 Å². The average molecular weight is 392 g/mol. The summed E-state index contributed by atoms with van der Waals surface area (Å²) in [6, 6.07) is 0. The predicted molar refractivity (Wildman–Crippen MR) is 103 cm³/mol. The molecule has 0 aliphatic rings. The zero-order valence-electron chi connectivity index (χ0n) is 17.1. The van der Waals surface area contributed by atoms with Gasteiger partial charge in [0, 0.05) is 25.7 Å². The number of hydrogen-bond donors (Lipinski definition) is 0. The molecule has 0 radical (unpaired) electrons. The first-order valence-electron chi connectivity index (χ1n) is 9.65. The van der Waals surface area contributed by atoms with Crippen LogP contribution in [0.15, 0.2) is 0 Å². The molecule has 0 atom stereocenters. The number of unbranched alkanes of at least 4 members (excludes halogenated alkanes) is 6. The van der Waals surface area contributed by atoms with Crippen LogP contribution in [0.1, 0.15) is 111 Å². The van der Waals surface area contributed by atoms with Crippen molar-refractivity contribution in [2.45, 2.75) is 111 Å². The minimum Gasteiger partial charge on any atom is -0.346 e. The second-order valence-electron chi connectivity index (χ2n) is 5.55. The largest absolute Gasteiger partial charge is 2.00 e. The Bertz CT molecular complexity index is 240. The van der Waals surface area contributed by atoms with Crippen LogP contribution in [0.3, 0.4) is 0 Å². The Balaban J connectivity index is -0.000000369. The Morgan fingerprint density at radius 3 is 1.33 bits per heavy atom. The molecule has 24 heavy (non-hydrogen) atoms. The first-order valence-corrected chi connectivity index (χ1v) is 9.65. The van der Waals surface area contributed by atoms with Crippen molar-refractivity contribution in [3.8, 4) is 0 Å². The fourth-order valence-electron chi connectivity index (χ4n) is 2.21. The summed E-state index contributed by atoms with van der Waals surface area (Å²) in [5, 5.41) is 0. The molecule has 0 amide bonds. The number of hydrogen-bond acceptors (Lipinski definition) is 2. The van der Waals surface area contributed by atoms with Gasteiger partial charge in [0.15, 0.2) is 0 Å². The van der Waals surface area contributed by atoms with Gasteiger partial charge in [-0.1, -0.05) is 52.4 Å². The van der Waals surface area contributed by atoms with E-state index in [0.717, 1.165) is 32.1 Å². The Hall–Kier alpha value is -0.0366. The van der Waals surface area contributed by atoms with E-state index in [1.54, 1.807) is 13.8 Å². The molecule has 0 bridgehead atoms. The molecule has 2 nitrogen and oxygen atoms in total. The van der Waals surface area contributed by atoms with Gasteiger partial charge in [-0.05, 0) is 19.3 Å². The molecule has 0 spiro atoms. The van der Waals surface area contributed by atoms with E-state index in [4.69, 9.17) is 0 Å².